The first-order valence-corrected chi connectivity index (χ1v) is 3.17. The molecular weight excluding hydrogens is 124 g/mol. The first-order valence-electron chi connectivity index (χ1n) is 3.17. The molecule has 2 rings (SSSR count). The highest BCUT2D eigenvalue weighted by atomic mass is 14.7. The van der Waals surface area contributed by atoms with Gasteiger partial charge in [-0.15, -0.1) is 0 Å². The van der Waals surface area contributed by atoms with Gasteiger partial charge >= 0.3 is 0 Å². The monoisotopic (exact) mass is 130 g/mol. The van der Waals surface area contributed by atoms with Gasteiger partial charge in [0.25, 0.3) is 0 Å². The summed E-state index contributed by atoms with van der Waals surface area (Å²) in [5, 5.41) is 8.46. The van der Waals surface area contributed by atoms with E-state index >= 15 is 0 Å². The summed E-state index contributed by atoms with van der Waals surface area (Å²) in [4.78, 5) is 3.03. The lowest BCUT2D eigenvalue weighted by Gasteiger charge is -1.86. The molecule has 0 fully saturated rings. The van der Waals surface area contributed by atoms with Crippen LogP contribution in [0.2, 0.25) is 0 Å². The van der Waals surface area contributed by atoms with Crippen molar-refractivity contribution in [3.8, 4) is 6.07 Å². The zero-order chi connectivity index (χ0) is 6.97. The van der Waals surface area contributed by atoms with E-state index in [9.17, 15) is 0 Å². The highest BCUT2D eigenvalue weighted by Crippen LogP contribution is 2.28. The number of aromatic amines is 1. The number of aromatic nitrogens is 1. The first-order chi connectivity index (χ1) is 4.90. The molecule has 1 aliphatic rings. The van der Waals surface area contributed by atoms with Gasteiger partial charge in [0.05, 0.1) is 5.56 Å². The van der Waals surface area contributed by atoms with Crippen LogP contribution < -0.4 is 0 Å². The molecule has 1 aromatic heterocycles. The van der Waals surface area contributed by atoms with Gasteiger partial charge in [-0.25, -0.2) is 0 Å². The molecule has 1 aromatic rings. The van der Waals surface area contributed by atoms with Crippen molar-refractivity contribution in [2.45, 2.75) is 5.92 Å². The molecule has 0 aliphatic heterocycles. The lowest BCUT2D eigenvalue weighted by atomic mass is 10.2. The van der Waals surface area contributed by atoms with Crippen molar-refractivity contribution in [1.29, 1.82) is 5.26 Å². The Hall–Kier alpha value is -1.49. The van der Waals surface area contributed by atoms with E-state index in [1.54, 1.807) is 6.20 Å². The summed E-state index contributed by atoms with van der Waals surface area (Å²) in [6.45, 7) is 0. The standard InChI is InChI=1S/C8H6N2/c9-4-6-3-8(10-5-6)7-1-2-7/h1-3,5,7,10H. The van der Waals surface area contributed by atoms with E-state index in [1.807, 2.05) is 6.07 Å². The van der Waals surface area contributed by atoms with Gasteiger partial charge in [0.2, 0.25) is 0 Å². The number of nitrogens with zero attached hydrogens (tertiary/aromatic N) is 1. The molecule has 1 N–H and O–H groups in total. The quantitative estimate of drug-likeness (QED) is 0.575. The maximum absolute atomic E-state index is 8.46. The van der Waals surface area contributed by atoms with E-state index in [-0.39, 0.29) is 0 Å². The zero-order valence-corrected chi connectivity index (χ0v) is 5.33. The van der Waals surface area contributed by atoms with Crippen LogP contribution in [0.25, 0.3) is 0 Å². The number of rotatable bonds is 1. The van der Waals surface area contributed by atoms with Crippen LogP contribution in [0.1, 0.15) is 17.2 Å². The summed E-state index contributed by atoms with van der Waals surface area (Å²) in [5.74, 6) is 0.474. The van der Waals surface area contributed by atoms with Gasteiger partial charge in [-0.2, -0.15) is 5.26 Å². The van der Waals surface area contributed by atoms with Gasteiger partial charge in [-0.1, -0.05) is 12.2 Å². The summed E-state index contributed by atoms with van der Waals surface area (Å²) in [6, 6.07) is 3.95. The predicted octanol–water partition coefficient (Wildman–Crippen LogP) is 1.54. The van der Waals surface area contributed by atoms with Crippen molar-refractivity contribution in [2.75, 3.05) is 0 Å². The number of allylic oxidation sites excluding steroid dienone is 2. The van der Waals surface area contributed by atoms with E-state index in [4.69, 9.17) is 5.26 Å². The number of nitrogens with one attached hydrogen (secondary N) is 1. The van der Waals surface area contributed by atoms with Crippen molar-refractivity contribution in [3.05, 3.63) is 35.7 Å². The molecule has 0 saturated heterocycles. The fourth-order valence-electron chi connectivity index (χ4n) is 0.932. The number of nitriles is 1. The smallest absolute Gasteiger partial charge is 0.101 e. The average molecular weight is 130 g/mol. The van der Waals surface area contributed by atoms with Crippen LogP contribution in [0.4, 0.5) is 0 Å². The second-order valence-electron chi connectivity index (χ2n) is 2.37. The van der Waals surface area contributed by atoms with Crippen LogP contribution in [0, 0.1) is 11.3 Å². The maximum Gasteiger partial charge on any atom is 0.101 e. The normalized spacial score (nSPS) is 15.1. The summed E-state index contributed by atoms with van der Waals surface area (Å²) in [6.07, 6.45) is 5.91. The third-order valence-electron chi connectivity index (χ3n) is 1.58. The van der Waals surface area contributed by atoms with Gasteiger partial charge in [-0.3, -0.25) is 0 Å². The molecule has 0 radical (unpaired) electrons. The molecule has 0 unspecified atom stereocenters. The Balaban J connectivity index is 2.29. The molecule has 1 heterocycles. The van der Waals surface area contributed by atoms with E-state index < -0.39 is 0 Å². The largest absolute Gasteiger partial charge is 0.363 e. The molecule has 0 atom stereocenters. The van der Waals surface area contributed by atoms with Crippen molar-refractivity contribution < 1.29 is 0 Å². The third-order valence-corrected chi connectivity index (χ3v) is 1.58. The summed E-state index contributed by atoms with van der Waals surface area (Å²) in [5.41, 5.74) is 1.83. The molecule has 10 heavy (non-hydrogen) atoms. The Morgan fingerprint density at radius 2 is 2.30 bits per heavy atom. The van der Waals surface area contributed by atoms with Gasteiger partial charge in [0.15, 0.2) is 0 Å². The van der Waals surface area contributed by atoms with Crippen molar-refractivity contribution in [2.24, 2.45) is 0 Å². The van der Waals surface area contributed by atoms with E-state index in [0.717, 1.165) is 5.69 Å². The fourth-order valence-corrected chi connectivity index (χ4v) is 0.932. The first kappa shape index (κ1) is 5.31. The molecule has 0 amide bonds. The van der Waals surface area contributed by atoms with Crippen molar-refractivity contribution >= 4 is 0 Å². The average Bonchev–Trinajstić information content (AvgIpc) is 2.70. The lowest BCUT2D eigenvalue weighted by molar-refractivity contribution is 1.12. The molecule has 48 valence electrons. The summed E-state index contributed by atoms with van der Waals surface area (Å²) in [7, 11) is 0. The number of hydrogen-bond acceptors (Lipinski definition) is 1. The Labute approximate surface area is 58.8 Å². The summed E-state index contributed by atoms with van der Waals surface area (Å²) >= 11 is 0. The Bertz CT molecular complexity index is 308. The minimum Gasteiger partial charge on any atom is -0.363 e. The van der Waals surface area contributed by atoms with Crippen molar-refractivity contribution in [3.63, 3.8) is 0 Å². The second kappa shape index (κ2) is 1.74. The van der Waals surface area contributed by atoms with E-state index in [0.29, 0.717) is 11.5 Å². The van der Waals surface area contributed by atoms with E-state index in [1.165, 1.54) is 0 Å². The van der Waals surface area contributed by atoms with Gasteiger partial charge in [0.1, 0.15) is 6.07 Å². The summed E-state index contributed by atoms with van der Waals surface area (Å²) < 4.78 is 0. The minimum absolute atomic E-state index is 0.474. The predicted molar refractivity (Wildman–Crippen MR) is 37.4 cm³/mol. The maximum atomic E-state index is 8.46. The van der Waals surface area contributed by atoms with Crippen LogP contribution in [0.15, 0.2) is 24.4 Å². The molecule has 2 nitrogen and oxygen atoms in total. The molecule has 0 bridgehead atoms. The zero-order valence-electron chi connectivity index (χ0n) is 5.33. The topological polar surface area (TPSA) is 39.6 Å². The van der Waals surface area contributed by atoms with Crippen LogP contribution in [0.5, 0.6) is 0 Å². The van der Waals surface area contributed by atoms with Gasteiger partial charge in [-0.05, 0) is 6.07 Å². The van der Waals surface area contributed by atoms with Crippen LogP contribution in [0.3, 0.4) is 0 Å². The SMILES string of the molecule is N#Cc1c[nH]c(C2C=C2)c1. The van der Waals surface area contributed by atoms with Gasteiger partial charge in [0, 0.05) is 17.8 Å². The molecular formula is C8H6N2. The van der Waals surface area contributed by atoms with Crippen molar-refractivity contribution in [1.82, 2.24) is 4.98 Å². The van der Waals surface area contributed by atoms with Crippen LogP contribution in [-0.2, 0) is 0 Å². The second-order valence-corrected chi connectivity index (χ2v) is 2.37. The highest BCUT2D eigenvalue weighted by molar-refractivity contribution is 5.39. The Morgan fingerprint density at radius 1 is 1.50 bits per heavy atom. The minimum atomic E-state index is 0.474. The number of hydrogen-bond donors (Lipinski definition) is 1. The molecule has 1 aliphatic carbocycles. The van der Waals surface area contributed by atoms with Crippen LogP contribution >= 0.6 is 0 Å². The molecule has 0 aromatic carbocycles. The highest BCUT2D eigenvalue weighted by Gasteiger charge is 2.14. The Morgan fingerprint density at radius 3 is 2.80 bits per heavy atom. The molecule has 2 heteroatoms. The molecule has 0 saturated carbocycles. The van der Waals surface area contributed by atoms with E-state index in [2.05, 4.69) is 23.2 Å². The fraction of sp³-hybridized carbons (Fsp3) is 0.125. The van der Waals surface area contributed by atoms with Crippen LogP contribution in [-0.4, -0.2) is 4.98 Å². The molecule has 0 spiro atoms. The van der Waals surface area contributed by atoms with Gasteiger partial charge < -0.3 is 4.98 Å². The lowest BCUT2D eigenvalue weighted by Crippen LogP contribution is -1.75. The number of H-pyrrole nitrogens is 1. The Kier molecular flexibility index (Phi) is 0.925. The third kappa shape index (κ3) is 0.725.